The summed E-state index contributed by atoms with van der Waals surface area (Å²) in [7, 11) is 0. The van der Waals surface area contributed by atoms with Crippen LogP contribution in [-0.2, 0) is 6.42 Å². The molecule has 0 radical (unpaired) electrons. The van der Waals surface area contributed by atoms with Gasteiger partial charge in [-0.3, -0.25) is 0 Å². The largest absolute Gasteiger partial charge is 0.478 e. The van der Waals surface area contributed by atoms with Crippen LogP contribution in [0.2, 0.25) is 0 Å². The van der Waals surface area contributed by atoms with E-state index >= 15 is 0 Å². The lowest BCUT2D eigenvalue weighted by Crippen LogP contribution is -2.31. The van der Waals surface area contributed by atoms with Gasteiger partial charge in [0.15, 0.2) is 0 Å². The van der Waals surface area contributed by atoms with Gasteiger partial charge in [0.1, 0.15) is 0 Å². The highest BCUT2D eigenvalue weighted by atomic mass is 16.5. The number of pyridine rings is 1. The lowest BCUT2D eigenvalue weighted by atomic mass is 10.1. The number of nitrogens with one attached hydrogen (secondary N) is 1. The highest BCUT2D eigenvalue weighted by Crippen LogP contribution is 2.11. The summed E-state index contributed by atoms with van der Waals surface area (Å²) >= 11 is 0. The van der Waals surface area contributed by atoms with Crippen LogP contribution >= 0.6 is 0 Å². The molecule has 1 unspecified atom stereocenters. The van der Waals surface area contributed by atoms with Gasteiger partial charge in [-0.25, -0.2) is 4.98 Å². The van der Waals surface area contributed by atoms with Gasteiger partial charge in [0.25, 0.3) is 0 Å². The maximum atomic E-state index is 5.44. The molecule has 0 saturated carbocycles. The molecule has 0 spiro atoms. The van der Waals surface area contributed by atoms with Crippen molar-refractivity contribution in [3.05, 3.63) is 23.9 Å². The van der Waals surface area contributed by atoms with Crippen LogP contribution in [0.3, 0.4) is 0 Å². The van der Waals surface area contributed by atoms with E-state index in [1.54, 1.807) is 0 Å². The molecule has 3 nitrogen and oxygen atoms in total. The predicted molar refractivity (Wildman–Crippen MR) is 76.1 cm³/mol. The molecular weight excluding hydrogens is 224 g/mol. The Morgan fingerprint density at radius 1 is 1.22 bits per heavy atom. The first kappa shape index (κ1) is 15.0. The van der Waals surface area contributed by atoms with Gasteiger partial charge < -0.3 is 10.1 Å². The molecule has 0 aliphatic rings. The molecule has 0 aliphatic carbocycles. The summed E-state index contributed by atoms with van der Waals surface area (Å²) in [5.74, 6) is 0.737. The van der Waals surface area contributed by atoms with E-state index in [9.17, 15) is 0 Å². The monoisotopic (exact) mass is 250 g/mol. The van der Waals surface area contributed by atoms with Gasteiger partial charge in [-0.2, -0.15) is 0 Å². The number of nitrogens with zero attached hydrogens (tertiary/aromatic N) is 1. The molecule has 0 fully saturated rings. The van der Waals surface area contributed by atoms with Gasteiger partial charge in [-0.1, -0.05) is 26.3 Å². The predicted octanol–water partition coefficient (Wildman–Crippen LogP) is 3.19. The molecule has 0 amide bonds. The van der Waals surface area contributed by atoms with E-state index in [0.717, 1.165) is 24.5 Å². The average Bonchev–Trinajstić information content (AvgIpc) is 2.37. The normalized spacial score (nSPS) is 12.4. The Morgan fingerprint density at radius 3 is 2.72 bits per heavy atom. The van der Waals surface area contributed by atoms with Crippen molar-refractivity contribution in [2.75, 3.05) is 13.2 Å². The number of hydrogen-bond donors (Lipinski definition) is 1. The molecule has 1 aromatic heterocycles. The van der Waals surface area contributed by atoms with Crippen molar-refractivity contribution < 1.29 is 4.74 Å². The Balaban J connectivity index is 2.58. The number of hydrogen-bond acceptors (Lipinski definition) is 3. The van der Waals surface area contributed by atoms with Crippen molar-refractivity contribution in [2.24, 2.45) is 0 Å². The Morgan fingerprint density at radius 2 is 2.06 bits per heavy atom. The molecule has 1 aromatic rings. The van der Waals surface area contributed by atoms with E-state index in [1.807, 2.05) is 19.1 Å². The second-order valence-electron chi connectivity index (χ2n) is 4.54. The third-order valence-corrected chi connectivity index (χ3v) is 2.85. The quantitative estimate of drug-likeness (QED) is 0.731. The molecule has 1 N–H and O–H groups in total. The molecule has 18 heavy (non-hydrogen) atoms. The second kappa shape index (κ2) is 8.92. The van der Waals surface area contributed by atoms with Gasteiger partial charge >= 0.3 is 0 Å². The summed E-state index contributed by atoms with van der Waals surface area (Å²) in [4.78, 5) is 4.53. The molecule has 1 rings (SSSR count). The summed E-state index contributed by atoms with van der Waals surface area (Å²) in [6.07, 6.45) is 4.55. The molecule has 102 valence electrons. The van der Waals surface area contributed by atoms with Crippen molar-refractivity contribution in [1.82, 2.24) is 10.3 Å². The van der Waals surface area contributed by atoms with Crippen LogP contribution in [0.5, 0.6) is 5.88 Å². The van der Waals surface area contributed by atoms with Gasteiger partial charge in [0.05, 0.1) is 6.61 Å². The zero-order valence-electron chi connectivity index (χ0n) is 11.9. The van der Waals surface area contributed by atoms with Crippen LogP contribution in [0.25, 0.3) is 0 Å². The van der Waals surface area contributed by atoms with E-state index in [1.165, 1.54) is 19.3 Å². The highest BCUT2D eigenvalue weighted by Gasteiger charge is 2.09. The maximum Gasteiger partial charge on any atom is 0.213 e. The van der Waals surface area contributed by atoms with Crippen molar-refractivity contribution in [2.45, 2.75) is 52.5 Å². The fourth-order valence-corrected chi connectivity index (χ4v) is 2.03. The van der Waals surface area contributed by atoms with E-state index in [0.29, 0.717) is 12.6 Å². The zero-order chi connectivity index (χ0) is 13.2. The van der Waals surface area contributed by atoms with Crippen LogP contribution in [0, 0.1) is 0 Å². The Kier molecular flexibility index (Phi) is 7.42. The molecule has 1 atom stereocenters. The Hall–Kier alpha value is -1.09. The minimum absolute atomic E-state index is 0.527. The van der Waals surface area contributed by atoms with Gasteiger partial charge in [0, 0.05) is 24.2 Å². The SMILES string of the molecule is CCCNC(CCC)Cc1cccc(OCC)n1. The van der Waals surface area contributed by atoms with Crippen LogP contribution in [0.1, 0.15) is 45.7 Å². The topological polar surface area (TPSA) is 34.1 Å². The Labute approximate surface area is 111 Å². The fraction of sp³-hybridized carbons (Fsp3) is 0.667. The van der Waals surface area contributed by atoms with E-state index in [2.05, 4.69) is 30.2 Å². The van der Waals surface area contributed by atoms with Crippen LogP contribution in [0.4, 0.5) is 0 Å². The number of ether oxygens (including phenoxy) is 1. The molecular formula is C15H26N2O. The summed E-state index contributed by atoms with van der Waals surface area (Å²) in [5.41, 5.74) is 1.11. The van der Waals surface area contributed by atoms with Gasteiger partial charge in [-0.05, 0) is 32.4 Å². The van der Waals surface area contributed by atoms with Crippen LogP contribution in [0.15, 0.2) is 18.2 Å². The molecule has 0 aromatic carbocycles. The third-order valence-electron chi connectivity index (χ3n) is 2.85. The summed E-state index contributed by atoms with van der Waals surface area (Å²) in [6.45, 7) is 8.16. The first-order valence-electron chi connectivity index (χ1n) is 7.12. The molecule has 0 saturated heterocycles. The summed E-state index contributed by atoms with van der Waals surface area (Å²) in [6, 6.07) is 6.55. The van der Waals surface area contributed by atoms with Gasteiger partial charge in [-0.15, -0.1) is 0 Å². The van der Waals surface area contributed by atoms with E-state index in [-0.39, 0.29) is 0 Å². The van der Waals surface area contributed by atoms with Crippen molar-refractivity contribution >= 4 is 0 Å². The van der Waals surface area contributed by atoms with Crippen molar-refractivity contribution in [3.63, 3.8) is 0 Å². The van der Waals surface area contributed by atoms with E-state index < -0.39 is 0 Å². The number of aromatic nitrogens is 1. The fourth-order valence-electron chi connectivity index (χ4n) is 2.03. The standard InChI is InChI=1S/C15H26N2O/c1-4-8-13(16-11-5-2)12-14-9-7-10-15(17-14)18-6-3/h7,9-10,13,16H,4-6,8,11-12H2,1-3H3. The maximum absolute atomic E-state index is 5.44. The average molecular weight is 250 g/mol. The van der Waals surface area contributed by atoms with Gasteiger partial charge in [0.2, 0.25) is 5.88 Å². The summed E-state index contributed by atoms with van der Waals surface area (Å²) in [5, 5.41) is 3.59. The van der Waals surface area contributed by atoms with Crippen LogP contribution in [-0.4, -0.2) is 24.2 Å². The second-order valence-corrected chi connectivity index (χ2v) is 4.54. The van der Waals surface area contributed by atoms with Crippen molar-refractivity contribution in [1.29, 1.82) is 0 Å². The lowest BCUT2D eigenvalue weighted by molar-refractivity contribution is 0.325. The third kappa shape index (κ3) is 5.50. The first-order valence-corrected chi connectivity index (χ1v) is 7.12. The highest BCUT2D eigenvalue weighted by molar-refractivity contribution is 5.16. The minimum atomic E-state index is 0.527. The minimum Gasteiger partial charge on any atom is -0.478 e. The zero-order valence-corrected chi connectivity index (χ0v) is 11.9. The number of rotatable bonds is 9. The Bertz CT molecular complexity index is 328. The van der Waals surface area contributed by atoms with Crippen molar-refractivity contribution in [3.8, 4) is 5.88 Å². The summed E-state index contributed by atoms with van der Waals surface area (Å²) < 4.78 is 5.44. The first-order chi connectivity index (χ1) is 8.80. The lowest BCUT2D eigenvalue weighted by Gasteiger charge is -2.17. The van der Waals surface area contributed by atoms with E-state index in [4.69, 9.17) is 4.74 Å². The molecule has 1 heterocycles. The smallest absolute Gasteiger partial charge is 0.213 e. The van der Waals surface area contributed by atoms with Crippen LogP contribution < -0.4 is 10.1 Å². The molecule has 0 bridgehead atoms. The molecule has 0 aliphatic heterocycles. The molecule has 3 heteroatoms.